The lowest BCUT2D eigenvalue weighted by Gasteiger charge is -2.26. The van der Waals surface area contributed by atoms with Gasteiger partial charge in [-0.05, 0) is 24.1 Å². The number of anilines is 2. The van der Waals surface area contributed by atoms with Crippen molar-refractivity contribution >= 4 is 23.3 Å². The van der Waals surface area contributed by atoms with Crippen LogP contribution in [0.4, 0.5) is 11.5 Å². The summed E-state index contributed by atoms with van der Waals surface area (Å²) in [5, 5.41) is 5.35. The van der Waals surface area contributed by atoms with Gasteiger partial charge in [0, 0.05) is 24.7 Å². The Bertz CT molecular complexity index is 1280. The van der Waals surface area contributed by atoms with E-state index in [1.54, 1.807) is 24.3 Å². The van der Waals surface area contributed by atoms with Crippen molar-refractivity contribution in [3.8, 4) is 5.75 Å². The van der Waals surface area contributed by atoms with Crippen molar-refractivity contribution in [3.63, 3.8) is 0 Å². The third kappa shape index (κ3) is 4.31. The molecule has 1 atom stereocenters. The quantitative estimate of drug-likeness (QED) is 0.547. The number of benzene rings is 2. The maximum Gasteiger partial charge on any atom is 0.329 e. The average molecular weight is 434 g/mol. The number of aromatic nitrogens is 2. The number of aromatic amines is 1. The molecule has 0 saturated heterocycles. The molecule has 2 amide bonds. The van der Waals surface area contributed by atoms with Gasteiger partial charge in [-0.3, -0.25) is 23.9 Å². The molecule has 0 bridgehead atoms. The minimum absolute atomic E-state index is 0.0664. The van der Waals surface area contributed by atoms with Crippen LogP contribution in [0.1, 0.15) is 23.5 Å². The molecule has 0 radical (unpaired) electrons. The van der Waals surface area contributed by atoms with Crippen LogP contribution in [0.15, 0.2) is 64.2 Å². The van der Waals surface area contributed by atoms with Crippen molar-refractivity contribution in [3.05, 3.63) is 86.6 Å². The van der Waals surface area contributed by atoms with E-state index in [-0.39, 0.29) is 24.3 Å². The molecule has 9 nitrogen and oxygen atoms in total. The maximum absolute atomic E-state index is 13.0. The second kappa shape index (κ2) is 8.93. The average Bonchev–Trinajstić information content (AvgIpc) is 2.79. The van der Waals surface area contributed by atoms with E-state index in [2.05, 4.69) is 15.6 Å². The number of nitrogens with zero attached hydrogens (tertiary/aromatic N) is 1. The maximum atomic E-state index is 13.0. The number of carbonyl (C=O) groups is 2. The second-order valence-electron chi connectivity index (χ2n) is 7.43. The van der Waals surface area contributed by atoms with Crippen molar-refractivity contribution < 1.29 is 14.3 Å². The summed E-state index contributed by atoms with van der Waals surface area (Å²) in [4.78, 5) is 52.9. The zero-order chi connectivity index (χ0) is 22.7. The summed E-state index contributed by atoms with van der Waals surface area (Å²) in [7, 11) is 1.51. The van der Waals surface area contributed by atoms with E-state index in [1.165, 1.54) is 11.7 Å². The Balaban J connectivity index is 1.68. The fourth-order valence-corrected chi connectivity index (χ4v) is 3.77. The number of aryl methyl sites for hydroxylation is 1. The zero-order valence-electron chi connectivity index (χ0n) is 17.4. The van der Waals surface area contributed by atoms with Crippen molar-refractivity contribution in [1.82, 2.24) is 9.55 Å². The van der Waals surface area contributed by atoms with Crippen LogP contribution in [-0.2, 0) is 22.6 Å². The summed E-state index contributed by atoms with van der Waals surface area (Å²) in [5.74, 6) is -1.39. The number of H-pyrrole nitrogens is 1. The van der Waals surface area contributed by atoms with Crippen LogP contribution in [0, 0.1) is 0 Å². The Labute approximate surface area is 183 Å². The molecule has 9 heteroatoms. The van der Waals surface area contributed by atoms with E-state index in [4.69, 9.17) is 4.74 Å². The van der Waals surface area contributed by atoms with E-state index < -0.39 is 29.0 Å². The van der Waals surface area contributed by atoms with E-state index in [0.29, 0.717) is 17.9 Å². The number of fused-ring (bicyclic) bond motifs is 1. The van der Waals surface area contributed by atoms with Gasteiger partial charge in [0.1, 0.15) is 11.6 Å². The number of nitrogens with one attached hydrogen (secondary N) is 3. The zero-order valence-corrected chi connectivity index (χ0v) is 17.4. The Morgan fingerprint density at radius 1 is 1.12 bits per heavy atom. The molecule has 0 saturated carbocycles. The minimum atomic E-state index is -1.04. The summed E-state index contributed by atoms with van der Waals surface area (Å²) in [6, 6.07) is 16.3. The number of rotatable bonds is 6. The second-order valence-corrected chi connectivity index (χ2v) is 7.43. The van der Waals surface area contributed by atoms with Gasteiger partial charge in [0.25, 0.3) is 5.56 Å². The Morgan fingerprint density at radius 3 is 2.66 bits per heavy atom. The molecule has 1 aromatic heterocycles. The van der Waals surface area contributed by atoms with E-state index in [0.717, 1.165) is 5.56 Å². The molecule has 1 unspecified atom stereocenters. The molecular formula is C23H22N4O5. The van der Waals surface area contributed by atoms with Crippen LogP contribution < -0.4 is 26.6 Å². The fraction of sp³-hybridized carbons (Fsp3) is 0.217. The molecule has 2 aromatic carbocycles. The van der Waals surface area contributed by atoms with Gasteiger partial charge < -0.3 is 15.4 Å². The number of hydrogen-bond acceptors (Lipinski definition) is 5. The van der Waals surface area contributed by atoms with E-state index in [9.17, 15) is 19.2 Å². The molecule has 3 N–H and O–H groups in total. The third-order valence-electron chi connectivity index (χ3n) is 5.35. The number of ether oxygens (including phenoxy) is 1. The first-order valence-electron chi connectivity index (χ1n) is 10.1. The molecule has 0 spiro atoms. The lowest BCUT2D eigenvalue weighted by atomic mass is 9.92. The molecule has 1 aliphatic heterocycles. The summed E-state index contributed by atoms with van der Waals surface area (Å²) >= 11 is 0. The van der Waals surface area contributed by atoms with Gasteiger partial charge in [0.2, 0.25) is 11.8 Å². The molecule has 164 valence electrons. The predicted molar refractivity (Wildman–Crippen MR) is 119 cm³/mol. The van der Waals surface area contributed by atoms with Gasteiger partial charge in [-0.1, -0.05) is 36.4 Å². The molecule has 32 heavy (non-hydrogen) atoms. The van der Waals surface area contributed by atoms with Gasteiger partial charge in [0.15, 0.2) is 0 Å². The van der Waals surface area contributed by atoms with Crippen LogP contribution in [0.3, 0.4) is 0 Å². The first-order valence-corrected chi connectivity index (χ1v) is 10.1. The highest BCUT2D eigenvalue weighted by molar-refractivity contribution is 6.04. The normalized spacial score (nSPS) is 14.9. The number of methoxy groups -OCH3 is 1. The highest BCUT2D eigenvalue weighted by Crippen LogP contribution is 2.30. The monoisotopic (exact) mass is 434 g/mol. The summed E-state index contributed by atoms with van der Waals surface area (Å²) in [5.41, 5.74) is 0.202. The fourth-order valence-electron chi connectivity index (χ4n) is 3.77. The predicted octanol–water partition coefficient (Wildman–Crippen LogP) is 1.85. The molecule has 0 aliphatic carbocycles. The van der Waals surface area contributed by atoms with Gasteiger partial charge in [0.05, 0.1) is 18.6 Å². The topological polar surface area (TPSA) is 122 Å². The van der Waals surface area contributed by atoms with Crippen molar-refractivity contribution in [2.45, 2.75) is 25.3 Å². The standard InChI is InChI=1S/C23H22N4O5/c1-32-16-9-5-8-15(12-16)24-21(29)17-13-18(28)25-20-19(17)22(30)26-23(31)27(20)11-10-14-6-3-2-4-7-14/h2-9,12,17H,10-11,13H2,1H3,(H,24,29)(H,25,28)(H,26,30,31). The van der Waals surface area contributed by atoms with Crippen molar-refractivity contribution in [2.24, 2.45) is 0 Å². The largest absolute Gasteiger partial charge is 0.497 e. The molecular weight excluding hydrogens is 412 g/mol. The van der Waals surface area contributed by atoms with Crippen molar-refractivity contribution in [1.29, 1.82) is 0 Å². The highest BCUT2D eigenvalue weighted by atomic mass is 16.5. The molecule has 0 fully saturated rings. The first-order chi connectivity index (χ1) is 15.5. The van der Waals surface area contributed by atoms with Crippen LogP contribution in [0.5, 0.6) is 5.75 Å². The van der Waals surface area contributed by atoms with Gasteiger partial charge in [-0.15, -0.1) is 0 Å². The van der Waals surface area contributed by atoms with Gasteiger partial charge in [-0.25, -0.2) is 4.79 Å². The third-order valence-corrected chi connectivity index (χ3v) is 5.35. The number of hydrogen-bond donors (Lipinski definition) is 3. The summed E-state index contributed by atoms with van der Waals surface area (Å²) in [6.07, 6.45) is 0.304. The molecule has 3 aromatic rings. The molecule has 2 heterocycles. The van der Waals surface area contributed by atoms with Gasteiger partial charge >= 0.3 is 5.69 Å². The smallest absolute Gasteiger partial charge is 0.329 e. The first kappa shape index (κ1) is 21.1. The summed E-state index contributed by atoms with van der Waals surface area (Å²) in [6.45, 7) is 0.229. The van der Waals surface area contributed by atoms with Crippen molar-refractivity contribution in [2.75, 3.05) is 17.7 Å². The lowest BCUT2D eigenvalue weighted by molar-refractivity contribution is -0.123. The van der Waals surface area contributed by atoms with Crippen LogP contribution in [0.25, 0.3) is 0 Å². The van der Waals surface area contributed by atoms with E-state index >= 15 is 0 Å². The summed E-state index contributed by atoms with van der Waals surface area (Å²) < 4.78 is 6.46. The number of carbonyl (C=O) groups excluding carboxylic acids is 2. The van der Waals surface area contributed by atoms with Crippen LogP contribution in [-0.4, -0.2) is 28.5 Å². The molecule has 4 rings (SSSR count). The van der Waals surface area contributed by atoms with Gasteiger partial charge in [-0.2, -0.15) is 0 Å². The highest BCUT2D eigenvalue weighted by Gasteiger charge is 2.35. The Hall–Kier alpha value is -4.14. The Morgan fingerprint density at radius 2 is 1.91 bits per heavy atom. The SMILES string of the molecule is COc1cccc(NC(=O)C2CC(=O)Nc3c2c(=O)[nH]c(=O)n3CCc2ccccc2)c1. The number of amides is 2. The van der Waals surface area contributed by atoms with E-state index in [1.807, 2.05) is 30.3 Å². The Kier molecular flexibility index (Phi) is 5.89. The minimum Gasteiger partial charge on any atom is -0.497 e. The van der Waals surface area contributed by atoms with Crippen LogP contribution >= 0.6 is 0 Å². The van der Waals surface area contributed by atoms with Crippen LogP contribution in [0.2, 0.25) is 0 Å². The lowest BCUT2D eigenvalue weighted by Crippen LogP contribution is -2.42. The molecule has 1 aliphatic rings.